The summed E-state index contributed by atoms with van der Waals surface area (Å²) in [6.45, 7) is 4.20. The zero-order chi connectivity index (χ0) is 10.6. The second-order valence-corrected chi connectivity index (χ2v) is 4.10. The number of nitrogens with one attached hydrogen (secondary N) is 1. The number of hydrazone groups is 1. The van der Waals surface area contributed by atoms with Gasteiger partial charge in [0.25, 0.3) is 0 Å². The van der Waals surface area contributed by atoms with Crippen molar-refractivity contribution in [1.29, 1.82) is 0 Å². The molecule has 0 heterocycles. The van der Waals surface area contributed by atoms with Crippen LogP contribution in [0.2, 0.25) is 0 Å². The first-order chi connectivity index (χ1) is 6.61. The molecule has 0 unspecified atom stereocenters. The molecule has 0 radical (unpaired) electrons. The molecule has 0 aromatic rings. The van der Waals surface area contributed by atoms with E-state index in [9.17, 15) is 4.79 Å². The summed E-state index contributed by atoms with van der Waals surface area (Å²) >= 11 is 0. The molecule has 1 rings (SSSR count). The van der Waals surface area contributed by atoms with Gasteiger partial charge in [-0.1, -0.05) is 26.2 Å². The van der Waals surface area contributed by atoms with Crippen molar-refractivity contribution < 1.29 is 4.79 Å². The Kier molecular flexibility index (Phi) is 3.92. The van der Waals surface area contributed by atoms with E-state index in [1.165, 1.54) is 25.7 Å². The highest BCUT2D eigenvalue weighted by molar-refractivity contribution is 5.86. The minimum absolute atomic E-state index is 0.510. The maximum absolute atomic E-state index is 10.5. The summed E-state index contributed by atoms with van der Waals surface area (Å²) in [5.74, 6) is 1.18. The Hall–Kier alpha value is -1.06. The molecule has 0 aromatic heterocycles. The van der Waals surface area contributed by atoms with Crippen molar-refractivity contribution in [3.63, 3.8) is 0 Å². The minimum Gasteiger partial charge on any atom is -0.350 e. The van der Waals surface area contributed by atoms with Crippen molar-refractivity contribution in [3.8, 4) is 0 Å². The lowest BCUT2D eigenvalue weighted by Crippen LogP contribution is -2.29. The fourth-order valence-electron chi connectivity index (χ4n) is 2.16. The molecule has 1 aliphatic rings. The SMILES string of the molecule is C/C(=N\NC(N)=O)[C@@H]1CCCC[C@H]1C. The number of primary amides is 1. The maximum atomic E-state index is 10.5. The topological polar surface area (TPSA) is 67.5 Å². The Balaban J connectivity index is 2.52. The van der Waals surface area contributed by atoms with E-state index < -0.39 is 6.03 Å². The molecule has 1 saturated carbocycles. The van der Waals surface area contributed by atoms with E-state index in [0.29, 0.717) is 11.8 Å². The number of nitrogens with two attached hydrogens (primary N) is 1. The van der Waals surface area contributed by atoms with Crippen LogP contribution in [0.4, 0.5) is 4.79 Å². The summed E-state index contributed by atoms with van der Waals surface area (Å²) in [5, 5.41) is 3.99. The van der Waals surface area contributed by atoms with Crippen LogP contribution in [0.15, 0.2) is 5.10 Å². The summed E-state index contributed by atoms with van der Waals surface area (Å²) in [6.07, 6.45) is 5.01. The monoisotopic (exact) mass is 197 g/mol. The highest BCUT2D eigenvalue weighted by Crippen LogP contribution is 2.30. The van der Waals surface area contributed by atoms with Gasteiger partial charge >= 0.3 is 6.03 Å². The fraction of sp³-hybridized carbons (Fsp3) is 0.800. The molecular formula is C10H19N3O. The van der Waals surface area contributed by atoms with Gasteiger partial charge < -0.3 is 5.73 Å². The normalized spacial score (nSPS) is 28.6. The molecule has 3 N–H and O–H groups in total. The number of hydrogen-bond acceptors (Lipinski definition) is 2. The van der Waals surface area contributed by atoms with Crippen LogP contribution in [0, 0.1) is 11.8 Å². The van der Waals surface area contributed by atoms with E-state index in [2.05, 4.69) is 17.5 Å². The lowest BCUT2D eigenvalue weighted by atomic mass is 9.78. The van der Waals surface area contributed by atoms with Gasteiger partial charge in [0.05, 0.1) is 0 Å². The Bertz CT molecular complexity index is 238. The number of nitrogens with zero attached hydrogens (tertiary/aromatic N) is 1. The molecule has 0 aromatic carbocycles. The van der Waals surface area contributed by atoms with Gasteiger partial charge in [0.1, 0.15) is 0 Å². The first kappa shape index (κ1) is 11.0. The highest BCUT2D eigenvalue weighted by Gasteiger charge is 2.23. The van der Waals surface area contributed by atoms with Crippen LogP contribution >= 0.6 is 0 Å². The Labute approximate surface area is 84.9 Å². The molecule has 4 heteroatoms. The van der Waals surface area contributed by atoms with E-state index >= 15 is 0 Å². The van der Waals surface area contributed by atoms with Gasteiger partial charge in [-0.15, -0.1) is 0 Å². The van der Waals surface area contributed by atoms with Gasteiger partial charge in [0.2, 0.25) is 0 Å². The summed E-state index contributed by atoms with van der Waals surface area (Å²) in [5.41, 5.74) is 8.23. The van der Waals surface area contributed by atoms with Gasteiger partial charge in [-0.2, -0.15) is 5.10 Å². The van der Waals surface area contributed by atoms with Crippen molar-refractivity contribution >= 4 is 11.7 Å². The second kappa shape index (κ2) is 4.98. The first-order valence-electron chi connectivity index (χ1n) is 5.21. The third kappa shape index (κ3) is 3.01. The van der Waals surface area contributed by atoms with Gasteiger partial charge in [-0.05, 0) is 19.3 Å². The van der Waals surface area contributed by atoms with Crippen LogP contribution in [0.1, 0.15) is 39.5 Å². The maximum Gasteiger partial charge on any atom is 0.332 e. The molecule has 4 nitrogen and oxygen atoms in total. The molecule has 0 saturated heterocycles. The number of carbonyl (C=O) groups excluding carboxylic acids is 1. The highest BCUT2D eigenvalue weighted by atomic mass is 16.2. The number of carbonyl (C=O) groups is 1. The molecule has 1 aliphatic carbocycles. The van der Waals surface area contributed by atoms with Crippen LogP contribution in [-0.2, 0) is 0 Å². The third-order valence-corrected chi connectivity index (χ3v) is 2.99. The van der Waals surface area contributed by atoms with E-state index in [1.54, 1.807) is 0 Å². The van der Waals surface area contributed by atoms with Crippen molar-refractivity contribution in [2.75, 3.05) is 0 Å². The third-order valence-electron chi connectivity index (χ3n) is 2.99. The molecule has 0 bridgehead atoms. The van der Waals surface area contributed by atoms with Crippen molar-refractivity contribution in [2.24, 2.45) is 22.7 Å². The zero-order valence-electron chi connectivity index (χ0n) is 8.92. The lowest BCUT2D eigenvalue weighted by Gasteiger charge is -2.28. The largest absolute Gasteiger partial charge is 0.350 e. The van der Waals surface area contributed by atoms with Crippen molar-refractivity contribution in [3.05, 3.63) is 0 Å². The van der Waals surface area contributed by atoms with Crippen molar-refractivity contribution in [1.82, 2.24) is 5.43 Å². The first-order valence-corrected chi connectivity index (χ1v) is 5.21. The Morgan fingerprint density at radius 1 is 1.43 bits per heavy atom. The van der Waals surface area contributed by atoms with Crippen LogP contribution in [0.3, 0.4) is 0 Å². The van der Waals surface area contributed by atoms with Crippen LogP contribution < -0.4 is 11.2 Å². The summed E-state index contributed by atoms with van der Waals surface area (Å²) in [7, 11) is 0. The van der Waals surface area contributed by atoms with Crippen LogP contribution in [-0.4, -0.2) is 11.7 Å². The van der Waals surface area contributed by atoms with Gasteiger partial charge in [-0.3, -0.25) is 0 Å². The molecule has 14 heavy (non-hydrogen) atoms. The van der Waals surface area contributed by atoms with E-state index in [1.807, 2.05) is 6.92 Å². The predicted octanol–water partition coefficient (Wildman–Crippen LogP) is 1.86. The molecule has 1 fully saturated rings. The van der Waals surface area contributed by atoms with E-state index in [-0.39, 0.29) is 0 Å². The number of hydrogen-bond donors (Lipinski definition) is 2. The second-order valence-electron chi connectivity index (χ2n) is 4.10. The quantitative estimate of drug-likeness (QED) is 0.515. The molecule has 80 valence electrons. The van der Waals surface area contributed by atoms with Crippen LogP contribution in [0.25, 0.3) is 0 Å². The van der Waals surface area contributed by atoms with Gasteiger partial charge in [0.15, 0.2) is 0 Å². The fourth-order valence-corrected chi connectivity index (χ4v) is 2.16. The molecule has 2 amide bonds. The summed E-state index contributed by atoms with van der Waals surface area (Å²) in [4.78, 5) is 10.5. The zero-order valence-corrected chi connectivity index (χ0v) is 8.92. The molecule has 0 spiro atoms. The smallest absolute Gasteiger partial charge is 0.332 e. The average Bonchev–Trinajstić information content (AvgIpc) is 2.15. The average molecular weight is 197 g/mol. The lowest BCUT2D eigenvalue weighted by molar-refractivity contribution is 0.249. The van der Waals surface area contributed by atoms with E-state index in [0.717, 1.165) is 5.71 Å². The molecular weight excluding hydrogens is 178 g/mol. The summed E-state index contributed by atoms with van der Waals surface area (Å²) < 4.78 is 0. The van der Waals surface area contributed by atoms with Crippen molar-refractivity contribution in [2.45, 2.75) is 39.5 Å². The Morgan fingerprint density at radius 2 is 2.07 bits per heavy atom. The molecule has 0 aliphatic heterocycles. The number of urea groups is 1. The molecule has 2 atom stereocenters. The van der Waals surface area contributed by atoms with Gasteiger partial charge in [-0.25, -0.2) is 10.2 Å². The van der Waals surface area contributed by atoms with Gasteiger partial charge in [0, 0.05) is 11.6 Å². The standard InChI is InChI=1S/C10H19N3O/c1-7-5-3-4-6-9(7)8(2)12-13-10(11)14/h7,9H,3-6H2,1-2H3,(H3,11,13,14)/b12-8+/t7-,9-/m1/s1. The summed E-state index contributed by atoms with van der Waals surface area (Å²) in [6, 6.07) is -0.590. The number of rotatable bonds is 2. The predicted molar refractivity (Wildman–Crippen MR) is 57.0 cm³/mol. The van der Waals surface area contributed by atoms with Crippen LogP contribution in [0.5, 0.6) is 0 Å². The Morgan fingerprint density at radius 3 is 2.64 bits per heavy atom. The van der Waals surface area contributed by atoms with E-state index in [4.69, 9.17) is 5.73 Å². The minimum atomic E-state index is -0.590. The number of amides is 2.